The molecule has 44 heavy (non-hydrogen) atoms. The maximum absolute atomic E-state index is 12.3. The van der Waals surface area contributed by atoms with Gasteiger partial charge in [0.1, 0.15) is 6.61 Å². The van der Waals surface area contributed by atoms with Gasteiger partial charge in [-0.2, -0.15) is 0 Å². The van der Waals surface area contributed by atoms with Crippen LogP contribution in [-0.2, 0) is 28.2 Å². The van der Waals surface area contributed by atoms with Crippen molar-refractivity contribution in [1.29, 1.82) is 0 Å². The minimum atomic E-state index is -4.74. The smallest absolute Gasteiger partial charge is 0.462 e. The maximum Gasteiger partial charge on any atom is 0.469 e. The van der Waals surface area contributed by atoms with Crippen molar-refractivity contribution in [2.75, 3.05) is 13.2 Å². The fourth-order valence-electron chi connectivity index (χ4n) is 5.07. The largest absolute Gasteiger partial charge is 0.469 e. The van der Waals surface area contributed by atoms with Crippen LogP contribution in [0.2, 0.25) is 0 Å². The van der Waals surface area contributed by atoms with Crippen LogP contribution in [0.5, 0.6) is 0 Å². The van der Waals surface area contributed by atoms with Gasteiger partial charge in [0, 0.05) is 12.8 Å². The Kier molecular flexibility index (Phi) is 30.9. The van der Waals surface area contributed by atoms with Crippen molar-refractivity contribution >= 4 is 19.8 Å². The molecule has 0 unspecified atom stereocenters. The van der Waals surface area contributed by atoms with Crippen LogP contribution < -0.4 is 0 Å². The monoisotopic (exact) mass is 646 g/mol. The average molecular weight is 647 g/mol. The molecule has 0 aromatic heterocycles. The Labute approximate surface area is 269 Å². The van der Waals surface area contributed by atoms with E-state index in [1.165, 1.54) is 89.9 Å². The maximum atomic E-state index is 12.3. The Morgan fingerprint density at radius 2 is 0.955 bits per heavy atom. The van der Waals surface area contributed by atoms with Gasteiger partial charge in [0.05, 0.1) is 6.61 Å². The van der Waals surface area contributed by atoms with Crippen LogP contribution in [0.25, 0.3) is 0 Å². The van der Waals surface area contributed by atoms with E-state index in [1.54, 1.807) is 0 Å². The van der Waals surface area contributed by atoms with Crippen molar-refractivity contribution in [3.63, 3.8) is 0 Å². The molecule has 260 valence electrons. The highest BCUT2D eigenvalue weighted by molar-refractivity contribution is 7.46. The summed E-state index contributed by atoms with van der Waals surface area (Å²) in [4.78, 5) is 42.5. The molecule has 0 saturated carbocycles. The van der Waals surface area contributed by atoms with Crippen LogP contribution in [0.15, 0.2) is 12.2 Å². The van der Waals surface area contributed by atoms with E-state index < -0.39 is 32.5 Å². The van der Waals surface area contributed by atoms with Crippen LogP contribution in [-0.4, -0.2) is 41.0 Å². The van der Waals surface area contributed by atoms with Gasteiger partial charge in [0.2, 0.25) is 0 Å². The topological polar surface area (TPSA) is 119 Å². The van der Waals surface area contributed by atoms with E-state index >= 15 is 0 Å². The summed E-state index contributed by atoms with van der Waals surface area (Å²) in [7, 11) is -4.74. The molecule has 0 aromatic carbocycles. The summed E-state index contributed by atoms with van der Waals surface area (Å²) in [6, 6.07) is 0. The van der Waals surface area contributed by atoms with Crippen LogP contribution in [0.1, 0.15) is 181 Å². The summed E-state index contributed by atoms with van der Waals surface area (Å²) in [5, 5.41) is 0. The van der Waals surface area contributed by atoms with E-state index in [9.17, 15) is 14.2 Å². The fraction of sp³-hybridized carbons (Fsp3) is 0.886. The molecule has 1 atom stereocenters. The zero-order valence-electron chi connectivity index (χ0n) is 28.3. The summed E-state index contributed by atoms with van der Waals surface area (Å²) in [6.07, 6.45) is 32.2. The van der Waals surface area contributed by atoms with Gasteiger partial charge in [-0.15, -0.1) is 0 Å². The quantitative estimate of drug-likeness (QED) is 0.0313. The van der Waals surface area contributed by atoms with Crippen molar-refractivity contribution in [1.82, 2.24) is 0 Å². The number of hydrogen-bond donors (Lipinski definition) is 2. The number of rotatable bonds is 33. The number of allylic oxidation sites excluding steroid dienone is 2. The zero-order valence-corrected chi connectivity index (χ0v) is 29.2. The zero-order chi connectivity index (χ0) is 32.6. The number of unbranched alkanes of at least 4 members (excludes halogenated alkanes) is 21. The van der Waals surface area contributed by atoms with E-state index in [1.807, 2.05) is 0 Å². The van der Waals surface area contributed by atoms with Crippen molar-refractivity contribution in [2.24, 2.45) is 0 Å². The number of phosphoric ester groups is 1. The molecular formula is C35H67O8P. The molecule has 2 N–H and O–H groups in total. The third kappa shape index (κ3) is 33.7. The summed E-state index contributed by atoms with van der Waals surface area (Å²) in [5.41, 5.74) is 0. The lowest BCUT2D eigenvalue weighted by atomic mass is 10.1. The Bertz CT molecular complexity index is 736. The highest BCUT2D eigenvalue weighted by Gasteiger charge is 2.22. The van der Waals surface area contributed by atoms with E-state index in [-0.39, 0.29) is 19.4 Å². The van der Waals surface area contributed by atoms with Gasteiger partial charge in [0.25, 0.3) is 0 Å². The molecule has 0 aromatic rings. The van der Waals surface area contributed by atoms with Crippen LogP contribution in [0.4, 0.5) is 0 Å². The van der Waals surface area contributed by atoms with E-state index in [2.05, 4.69) is 30.5 Å². The first kappa shape index (κ1) is 42.8. The van der Waals surface area contributed by atoms with Crippen LogP contribution in [0.3, 0.4) is 0 Å². The highest BCUT2D eigenvalue weighted by Crippen LogP contribution is 2.36. The third-order valence-corrected chi connectivity index (χ3v) is 8.27. The molecule has 0 aliphatic carbocycles. The van der Waals surface area contributed by atoms with Crippen molar-refractivity contribution < 1.29 is 37.9 Å². The number of carbonyl (C=O) groups is 2. The minimum absolute atomic E-state index is 0.215. The Hall–Kier alpha value is -1.21. The van der Waals surface area contributed by atoms with Gasteiger partial charge in [-0.25, -0.2) is 4.57 Å². The number of carbonyl (C=O) groups excluding carboxylic acids is 2. The number of phosphoric acid groups is 1. The van der Waals surface area contributed by atoms with Gasteiger partial charge < -0.3 is 19.3 Å². The molecular weight excluding hydrogens is 579 g/mol. The lowest BCUT2D eigenvalue weighted by Crippen LogP contribution is -2.29. The second-order valence-electron chi connectivity index (χ2n) is 12.2. The fourth-order valence-corrected chi connectivity index (χ4v) is 5.43. The SMILES string of the molecule is CCCCCCCC/C=C/CCCCCCCC(=O)OC[C@H](COP(=O)(O)O)OC(=O)CCCCCCCCCCCCC. The molecule has 0 rings (SSSR count). The normalized spacial score (nSPS) is 12.5. The first-order chi connectivity index (χ1) is 21.3. The summed E-state index contributed by atoms with van der Waals surface area (Å²) in [5.74, 6) is -0.890. The number of ether oxygens (including phenoxy) is 2. The molecule has 0 fully saturated rings. The molecule has 8 nitrogen and oxygen atoms in total. The lowest BCUT2D eigenvalue weighted by Gasteiger charge is -2.18. The predicted octanol–water partition coefficient (Wildman–Crippen LogP) is 10.3. The summed E-state index contributed by atoms with van der Waals surface area (Å²) < 4.78 is 26.2. The van der Waals surface area contributed by atoms with Crippen molar-refractivity contribution in [3.8, 4) is 0 Å². The molecule has 0 aliphatic heterocycles. The van der Waals surface area contributed by atoms with Crippen LogP contribution >= 0.6 is 7.82 Å². The summed E-state index contributed by atoms with van der Waals surface area (Å²) >= 11 is 0. The Balaban J connectivity index is 3.97. The number of esters is 2. The van der Waals surface area contributed by atoms with Crippen LogP contribution in [0, 0.1) is 0 Å². The molecule has 0 amide bonds. The molecule has 0 bridgehead atoms. The first-order valence-electron chi connectivity index (χ1n) is 18.0. The molecule has 0 radical (unpaired) electrons. The summed E-state index contributed by atoms with van der Waals surface area (Å²) in [6.45, 7) is 3.65. The van der Waals surface area contributed by atoms with Gasteiger partial charge in [-0.05, 0) is 38.5 Å². The molecule has 9 heteroatoms. The van der Waals surface area contributed by atoms with E-state index in [0.29, 0.717) is 6.42 Å². The van der Waals surface area contributed by atoms with Gasteiger partial charge in [-0.1, -0.05) is 142 Å². The molecule has 0 spiro atoms. The van der Waals surface area contributed by atoms with Crippen molar-refractivity contribution in [3.05, 3.63) is 12.2 Å². The second kappa shape index (κ2) is 31.8. The van der Waals surface area contributed by atoms with Gasteiger partial charge >= 0.3 is 19.8 Å². The Morgan fingerprint density at radius 3 is 1.39 bits per heavy atom. The van der Waals surface area contributed by atoms with E-state index in [0.717, 1.165) is 57.8 Å². The van der Waals surface area contributed by atoms with Gasteiger partial charge in [0.15, 0.2) is 6.10 Å². The minimum Gasteiger partial charge on any atom is -0.462 e. The van der Waals surface area contributed by atoms with Crippen molar-refractivity contribution in [2.45, 2.75) is 187 Å². The molecule has 0 heterocycles. The second-order valence-corrected chi connectivity index (χ2v) is 13.4. The lowest BCUT2D eigenvalue weighted by molar-refractivity contribution is -0.161. The standard InChI is InChI=1S/C35H67O8P/c1-3-5-7-9-11-13-15-16-17-18-20-21-23-25-27-29-34(36)41-31-33(32-42-44(38,39)40)43-35(37)30-28-26-24-22-19-14-12-10-8-6-4-2/h16-17,33H,3-15,18-32H2,1-2H3,(H2,38,39,40)/b17-16+/t33-/m1/s1. The highest BCUT2D eigenvalue weighted by atomic mass is 31.2. The van der Waals surface area contributed by atoms with Gasteiger partial charge in [-0.3, -0.25) is 14.1 Å². The van der Waals surface area contributed by atoms with E-state index in [4.69, 9.17) is 19.3 Å². The predicted molar refractivity (Wildman–Crippen MR) is 179 cm³/mol. The Morgan fingerprint density at radius 1 is 0.568 bits per heavy atom. The molecule has 0 saturated heterocycles. The third-order valence-electron chi connectivity index (χ3n) is 7.78. The first-order valence-corrected chi connectivity index (χ1v) is 19.5. The average Bonchev–Trinajstić information content (AvgIpc) is 2.98. The number of hydrogen-bond acceptors (Lipinski definition) is 6. The molecule has 0 aliphatic rings.